The van der Waals surface area contributed by atoms with Crippen LogP contribution in [0, 0.1) is 10.1 Å². The number of hydrogen-bond acceptors (Lipinski definition) is 7. The van der Waals surface area contributed by atoms with Crippen molar-refractivity contribution >= 4 is 29.1 Å². The van der Waals surface area contributed by atoms with E-state index in [1.807, 2.05) is 13.2 Å². The first-order chi connectivity index (χ1) is 9.01. The maximum Gasteiger partial charge on any atom is 0.276 e. The molecule has 1 rings (SSSR count). The normalized spacial score (nSPS) is 13.7. The predicted octanol–water partition coefficient (Wildman–Crippen LogP) is 1.56. The van der Waals surface area contributed by atoms with Crippen LogP contribution in [0.25, 0.3) is 0 Å². The Bertz CT molecular complexity index is 440. The number of anilines is 2. The van der Waals surface area contributed by atoms with Gasteiger partial charge in [-0.15, -0.1) is 0 Å². The summed E-state index contributed by atoms with van der Waals surface area (Å²) in [4.78, 5) is 14.6. The molecule has 0 saturated carbocycles. The topological polar surface area (TPSA) is 100 Å². The molecule has 2 atom stereocenters. The minimum Gasteiger partial charge on any atom is -0.395 e. The average molecular weight is 286 g/mol. The van der Waals surface area contributed by atoms with Crippen LogP contribution in [0.15, 0.2) is 12.1 Å². The van der Waals surface area contributed by atoms with Gasteiger partial charge in [0.05, 0.1) is 23.7 Å². The SMILES string of the molecule is CNc1cc([N+](=O)[O-])cc(NC(C)C(CO)SC)n1. The number of hydrogen-bond donors (Lipinski definition) is 3. The van der Waals surface area contributed by atoms with E-state index >= 15 is 0 Å². The summed E-state index contributed by atoms with van der Waals surface area (Å²) in [5.41, 5.74) is -0.0289. The molecule has 8 heteroatoms. The van der Waals surface area contributed by atoms with Gasteiger partial charge >= 0.3 is 0 Å². The van der Waals surface area contributed by atoms with Crippen molar-refractivity contribution in [1.29, 1.82) is 0 Å². The van der Waals surface area contributed by atoms with Crippen LogP contribution in [0.5, 0.6) is 0 Å². The van der Waals surface area contributed by atoms with Crippen LogP contribution < -0.4 is 10.6 Å². The molecule has 0 aliphatic carbocycles. The number of nitro groups is 1. The van der Waals surface area contributed by atoms with Crippen LogP contribution in [0.1, 0.15) is 6.92 Å². The van der Waals surface area contributed by atoms with E-state index in [4.69, 9.17) is 0 Å². The van der Waals surface area contributed by atoms with Gasteiger partial charge in [0.25, 0.3) is 5.69 Å². The van der Waals surface area contributed by atoms with Gasteiger partial charge in [-0.1, -0.05) is 0 Å². The zero-order chi connectivity index (χ0) is 14.4. The summed E-state index contributed by atoms with van der Waals surface area (Å²) in [6, 6.07) is 2.69. The van der Waals surface area contributed by atoms with E-state index in [0.717, 1.165) is 0 Å². The second-order valence-corrected chi connectivity index (χ2v) is 5.07. The lowest BCUT2D eigenvalue weighted by molar-refractivity contribution is -0.384. The summed E-state index contributed by atoms with van der Waals surface area (Å²) in [5, 5.41) is 25.9. The third-order valence-electron chi connectivity index (χ3n) is 2.69. The fourth-order valence-corrected chi connectivity index (χ4v) is 2.21. The fraction of sp³-hybridized carbons (Fsp3) is 0.545. The zero-order valence-corrected chi connectivity index (χ0v) is 11.9. The van der Waals surface area contributed by atoms with Gasteiger partial charge in [-0.2, -0.15) is 11.8 Å². The number of nitrogens with zero attached hydrogens (tertiary/aromatic N) is 2. The Kier molecular flexibility index (Phi) is 5.84. The number of aliphatic hydroxyl groups is 1. The Morgan fingerprint density at radius 2 is 2.16 bits per heavy atom. The van der Waals surface area contributed by atoms with Crippen molar-refractivity contribution < 1.29 is 10.0 Å². The first kappa shape index (κ1) is 15.5. The molecule has 0 aliphatic rings. The number of nitrogens with one attached hydrogen (secondary N) is 2. The number of rotatable bonds is 7. The van der Waals surface area contributed by atoms with Gasteiger partial charge in [-0.3, -0.25) is 10.1 Å². The maximum absolute atomic E-state index is 10.8. The molecule has 0 amide bonds. The molecule has 0 bridgehead atoms. The van der Waals surface area contributed by atoms with Crippen molar-refractivity contribution in [3.8, 4) is 0 Å². The van der Waals surface area contributed by atoms with Crippen molar-refractivity contribution in [3.05, 3.63) is 22.2 Å². The third-order valence-corrected chi connectivity index (χ3v) is 3.86. The Hall–Kier alpha value is -1.54. The van der Waals surface area contributed by atoms with E-state index < -0.39 is 4.92 Å². The first-order valence-corrected chi connectivity index (χ1v) is 7.05. The summed E-state index contributed by atoms with van der Waals surface area (Å²) < 4.78 is 0. The first-order valence-electron chi connectivity index (χ1n) is 5.76. The highest BCUT2D eigenvalue weighted by molar-refractivity contribution is 7.99. The molecule has 106 valence electrons. The number of pyridine rings is 1. The molecule has 1 aromatic rings. The maximum atomic E-state index is 10.8. The van der Waals surface area contributed by atoms with E-state index in [9.17, 15) is 15.2 Å². The van der Waals surface area contributed by atoms with E-state index in [0.29, 0.717) is 11.6 Å². The summed E-state index contributed by atoms with van der Waals surface area (Å²) in [6.07, 6.45) is 1.90. The number of aliphatic hydroxyl groups excluding tert-OH is 1. The van der Waals surface area contributed by atoms with E-state index in [2.05, 4.69) is 15.6 Å². The van der Waals surface area contributed by atoms with Gasteiger partial charge in [-0.25, -0.2) is 4.98 Å². The highest BCUT2D eigenvalue weighted by atomic mass is 32.2. The van der Waals surface area contributed by atoms with Crippen molar-refractivity contribution in [2.75, 3.05) is 30.5 Å². The Morgan fingerprint density at radius 1 is 1.53 bits per heavy atom. The molecule has 0 saturated heterocycles. The molecule has 2 unspecified atom stereocenters. The van der Waals surface area contributed by atoms with Crippen molar-refractivity contribution in [3.63, 3.8) is 0 Å². The lowest BCUT2D eigenvalue weighted by Gasteiger charge is -2.21. The van der Waals surface area contributed by atoms with Crippen LogP contribution in [0.3, 0.4) is 0 Å². The molecule has 0 radical (unpaired) electrons. The smallest absolute Gasteiger partial charge is 0.276 e. The lowest BCUT2D eigenvalue weighted by atomic mass is 10.2. The number of aromatic nitrogens is 1. The molecule has 7 nitrogen and oxygen atoms in total. The monoisotopic (exact) mass is 286 g/mol. The molecular weight excluding hydrogens is 268 g/mol. The Morgan fingerprint density at radius 3 is 2.63 bits per heavy atom. The Labute approximate surface area is 116 Å². The summed E-state index contributed by atoms with van der Waals surface area (Å²) >= 11 is 1.53. The third kappa shape index (κ3) is 4.25. The largest absolute Gasteiger partial charge is 0.395 e. The van der Waals surface area contributed by atoms with Crippen LogP contribution in [0.2, 0.25) is 0 Å². The molecule has 1 heterocycles. The minimum absolute atomic E-state index is 0.000835. The molecule has 0 aromatic carbocycles. The second-order valence-electron chi connectivity index (χ2n) is 3.99. The quantitative estimate of drug-likeness (QED) is 0.516. The fourth-order valence-electron chi connectivity index (χ4n) is 1.59. The minimum atomic E-state index is -0.462. The van der Waals surface area contributed by atoms with Crippen LogP contribution in [0.4, 0.5) is 17.3 Å². The summed E-state index contributed by atoms with van der Waals surface area (Å²) in [6.45, 7) is 1.93. The van der Waals surface area contributed by atoms with Gasteiger partial charge in [0.1, 0.15) is 11.6 Å². The van der Waals surface area contributed by atoms with Gasteiger partial charge < -0.3 is 15.7 Å². The highest BCUT2D eigenvalue weighted by Crippen LogP contribution is 2.22. The predicted molar refractivity (Wildman–Crippen MR) is 77.9 cm³/mol. The molecule has 0 aliphatic heterocycles. The molecular formula is C11H18N4O3S. The molecule has 1 aromatic heterocycles. The van der Waals surface area contributed by atoms with Crippen molar-refractivity contribution in [2.45, 2.75) is 18.2 Å². The molecule has 3 N–H and O–H groups in total. The van der Waals surface area contributed by atoms with E-state index in [-0.39, 0.29) is 23.6 Å². The standard InChI is InChI=1S/C11H18N4O3S/c1-7(9(6-16)19-3)13-11-5-8(15(17)18)4-10(12-2)14-11/h4-5,7,9,16H,6H2,1-3H3,(H2,12,13,14). The number of thioether (sulfide) groups is 1. The Balaban J connectivity index is 2.93. The van der Waals surface area contributed by atoms with Crippen molar-refractivity contribution in [2.24, 2.45) is 0 Å². The van der Waals surface area contributed by atoms with Crippen LogP contribution >= 0.6 is 11.8 Å². The highest BCUT2D eigenvalue weighted by Gasteiger charge is 2.17. The van der Waals surface area contributed by atoms with Gasteiger partial charge in [0.15, 0.2) is 0 Å². The lowest BCUT2D eigenvalue weighted by Crippen LogP contribution is -2.31. The van der Waals surface area contributed by atoms with Gasteiger partial charge in [0.2, 0.25) is 0 Å². The van der Waals surface area contributed by atoms with Gasteiger partial charge in [-0.05, 0) is 13.2 Å². The van der Waals surface area contributed by atoms with Crippen LogP contribution in [-0.2, 0) is 0 Å². The van der Waals surface area contributed by atoms with Crippen molar-refractivity contribution in [1.82, 2.24) is 4.98 Å². The average Bonchev–Trinajstić information content (AvgIpc) is 2.39. The molecule has 19 heavy (non-hydrogen) atoms. The van der Waals surface area contributed by atoms with Gasteiger partial charge in [0, 0.05) is 18.3 Å². The molecule has 0 fully saturated rings. The molecule has 0 spiro atoms. The van der Waals surface area contributed by atoms with E-state index in [1.165, 1.54) is 23.9 Å². The summed E-state index contributed by atoms with van der Waals surface area (Å²) in [7, 11) is 1.65. The second kappa shape index (κ2) is 7.15. The zero-order valence-electron chi connectivity index (χ0n) is 11.1. The van der Waals surface area contributed by atoms with Crippen LogP contribution in [-0.4, -0.2) is 46.2 Å². The van der Waals surface area contributed by atoms with E-state index in [1.54, 1.807) is 7.05 Å². The summed E-state index contributed by atoms with van der Waals surface area (Å²) in [5.74, 6) is 0.840.